The number of benzene rings is 1. The van der Waals surface area contributed by atoms with Gasteiger partial charge in [0.1, 0.15) is 5.01 Å². The van der Waals surface area contributed by atoms with Crippen LogP contribution in [0.15, 0.2) is 18.2 Å². The smallest absolute Gasteiger partial charge is 0.308 e. The van der Waals surface area contributed by atoms with Crippen molar-refractivity contribution in [1.82, 2.24) is 10.3 Å². The summed E-state index contributed by atoms with van der Waals surface area (Å²) in [6, 6.07) is 4.29. The topological polar surface area (TPSA) is 24.9 Å². The Morgan fingerprint density at radius 3 is 2.70 bits per heavy atom. The van der Waals surface area contributed by atoms with Crippen molar-refractivity contribution >= 4 is 21.6 Å². The molecule has 0 spiro atoms. The normalized spacial score (nSPS) is 17.1. The second-order valence-electron chi connectivity index (χ2n) is 5.15. The summed E-state index contributed by atoms with van der Waals surface area (Å²) >= 11 is 1.46. The lowest BCUT2D eigenvalue weighted by Gasteiger charge is -2.09. The van der Waals surface area contributed by atoms with E-state index in [1.54, 1.807) is 0 Å². The van der Waals surface area contributed by atoms with E-state index in [0.717, 1.165) is 21.8 Å². The van der Waals surface area contributed by atoms with Gasteiger partial charge in [-0.05, 0) is 31.0 Å². The molecule has 6 heteroatoms. The van der Waals surface area contributed by atoms with Crippen molar-refractivity contribution in [2.24, 2.45) is 0 Å². The standard InChI is InChI=1S/C14H15F3N2S/c15-14(16,17)9-5-6-12-11(7-9)19-13(20-12)8-18-10-3-1-2-4-10/h5-7,10,18H,1-4,8H2. The molecule has 20 heavy (non-hydrogen) atoms. The van der Waals surface area contributed by atoms with Gasteiger partial charge in [0, 0.05) is 12.6 Å². The maximum Gasteiger partial charge on any atom is 0.416 e. The van der Waals surface area contributed by atoms with Gasteiger partial charge in [-0.1, -0.05) is 12.8 Å². The van der Waals surface area contributed by atoms with Crippen molar-refractivity contribution in [2.75, 3.05) is 0 Å². The molecule has 1 aliphatic carbocycles. The summed E-state index contributed by atoms with van der Waals surface area (Å²) in [5, 5.41) is 4.28. The first-order valence-electron chi connectivity index (χ1n) is 6.72. The van der Waals surface area contributed by atoms with Crippen LogP contribution in [0.1, 0.15) is 36.3 Å². The molecule has 0 amide bonds. The van der Waals surface area contributed by atoms with Crippen LogP contribution in [0.5, 0.6) is 0 Å². The van der Waals surface area contributed by atoms with Crippen LogP contribution in [0.4, 0.5) is 13.2 Å². The van der Waals surface area contributed by atoms with Gasteiger partial charge in [-0.3, -0.25) is 0 Å². The van der Waals surface area contributed by atoms with E-state index in [1.165, 1.54) is 43.1 Å². The average Bonchev–Trinajstić information content (AvgIpc) is 3.03. The van der Waals surface area contributed by atoms with E-state index >= 15 is 0 Å². The minimum atomic E-state index is -4.31. The number of fused-ring (bicyclic) bond motifs is 1. The summed E-state index contributed by atoms with van der Waals surface area (Å²) in [5.74, 6) is 0. The highest BCUT2D eigenvalue weighted by Gasteiger charge is 2.30. The Bertz CT molecular complexity index is 600. The summed E-state index contributed by atoms with van der Waals surface area (Å²) in [5.41, 5.74) is -0.196. The molecule has 1 aliphatic rings. The molecule has 1 aromatic heterocycles. The lowest BCUT2D eigenvalue weighted by molar-refractivity contribution is -0.137. The molecule has 0 saturated heterocycles. The van der Waals surface area contributed by atoms with Crippen LogP contribution in [0.3, 0.4) is 0 Å². The second kappa shape index (κ2) is 5.33. The van der Waals surface area contributed by atoms with Crippen LogP contribution in [0, 0.1) is 0 Å². The van der Waals surface area contributed by atoms with Gasteiger partial charge in [-0.25, -0.2) is 4.98 Å². The number of hydrogen-bond acceptors (Lipinski definition) is 3. The molecule has 3 rings (SSSR count). The molecule has 0 atom stereocenters. The Kier molecular flexibility index (Phi) is 3.69. The molecule has 0 aliphatic heterocycles. The lowest BCUT2D eigenvalue weighted by atomic mass is 10.2. The number of nitrogens with zero attached hydrogens (tertiary/aromatic N) is 1. The van der Waals surface area contributed by atoms with Crippen molar-refractivity contribution in [3.8, 4) is 0 Å². The van der Waals surface area contributed by atoms with E-state index in [1.807, 2.05) is 0 Å². The third kappa shape index (κ3) is 2.96. The minimum Gasteiger partial charge on any atom is -0.308 e. The van der Waals surface area contributed by atoms with Gasteiger partial charge in [0.15, 0.2) is 0 Å². The molecule has 2 aromatic rings. The number of nitrogens with one attached hydrogen (secondary N) is 1. The Balaban J connectivity index is 1.76. The van der Waals surface area contributed by atoms with E-state index in [2.05, 4.69) is 10.3 Å². The highest BCUT2D eigenvalue weighted by molar-refractivity contribution is 7.18. The maximum atomic E-state index is 12.6. The molecule has 1 N–H and O–H groups in total. The van der Waals surface area contributed by atoms with E-state index in [0.29, 0.717) is 18.1 Å². The molecule has 0 bridgehead atoms. The van der Waals surface area contributed by atoms with Crippen molar-refractivity contribution in [3.05, 3.63) is 28.8 Å². The lowest BCUT2D eigenvalue weighted by Crippen LogP contribution is -2.25. The van der Waals surface area contributed by atoms with E-state index in [-0.39, 0.29) is 0 Å². The highest BCUT2D eigenvalue weighted by Crippen LogP contribution is 2.32. The van der Waals surface area contributed by atoms with Crippen molar-refractivity contribution < 1.29 is 13.2 Å². The first kappa shape index (κ1) is 13.8. The Hall–Kier alpha value is -1.14. The first-order valence-corrected chi connectivity index (χ1v) is 7.54. The SMILES string of the molecule is FC(F)(F)c1ccc2sc(CNC3CCCC3)nc2c1. The highest BCUT2D eigenvalue weighted by atomic mass is 32.1. The molecular weight excluding hydrogens is 285 g/mol. The molecule has 1 aromatic carbocycles. The van der Waals surface area contributed by atoms with Gasteiger partial charge < -0.3 is 5.32 Å². The second-order valence-corrected chi connectivity index (χ2v) is 6.27. The zero-order chi connectivity index (χ0) is 14.2. The summed E-state index contributed by atoms with van der Waals surface area (Å²) in [7, 11) is 0. The number of halogens is 3. The molecule has 1 saturated carbocycles. The van der Waals surface area contributed by atoms with Gasteiger partial charge in [0.25, 0.3) is 0 Å². The molecule has 1 fully saturated rings. The average molecular weight is 300 g/mol. The van der Waals surface area contributed by atoms with Crippen molar-refractivity contribution in [3.63, 3.8) is 0 Å². The van der Waals surface area contributed by atoms with Crippen LogP contribution in [-0.4, -0.2) is 11.0 Å². The zero-order valence-electron chi connectivity index (χ0n) is 10.8. The number of aromatic nitrogens is 1. The molecule has 0 unspecified atom stereocenters. The molecule has 2 nitrogen and oxygen atoms in total. The molecule has 108 valence electrons. The van der Waals surface area contributed by atoms with Crippen molar-refractivity contribution in [2.45, 2.75) is 44.4 Å². The summed E-state index contributed by atoms with van der Waals surface area (Å²) < 4.78 is 38.7. The summed E-state index contributed by atoms with van der Waals surface area (Å²) in [4.78, 5) is 4.30. The maximum absolute atomic E-state index is 12.6. The van der Waals surface area contributed by atoms with Gasteiger partial charge in [-0.2, -0.15) is 13.2 Å². The summed E-state index contributed by atoms with van der Waals surface area (Å²) in [6.45, 7) is 0.644. The minimum absolute atomic E-state index is 0.438. The molecule has 1 heterocycles. The van der Waals surface area contributed by atoms with Gasteiger partial charge in [0.2, 0.25) is 0 Å². The molecular formula is C14H15F3N2S. The molecule has 0 radical (unpaired) electrons. The summed E-state index contributed by atoms with van der Waals surface area (Å²) in [6.07, 6.45) is 0.575. The zero-order valence-corrected chi connectivity index (χ0v) is 11.7. The van der Waals surface area contributed by atoms with Gasteiger partial charge in [-0.15, -0.1) is 11.3 Å². The largest absolute Gasteiger partial charge is 0.416 e. The number of alkyl halides is 3. The van der Waals surface area contributed by atoms with Crippen LogP contribution in [-0.2, 0) is 12.7 Å². The Morgan fingerprint density at radius 1 is 1.25 bits per heavy atom. The van der Waals surface area contributed by atoms with E-state index < -0.39 is 11.7 Å². The fourth-order valence-corrected chi connectivity index (χ4v) is 3.49. The van der Waals surface area contributed by atoms with Crippen LogP contribution < -0.4 is 5.32 Å². The fraction of sp³-hybridized carbons (Fsp3) is 0.500. The van der Waals surface area contributed by atoms with Crippen LogP contribution in [0.25, 0.3) is 10.2 Å². The van der Waals surface area contributed by atoms with Crippen LogP contribution >= 0.6 is 11.3 Å². The Morgan fingerprint density at radius 2 is 2.00 bits per heavy atom. The van der Waals surface area contributed by atoms with Crippen LogP contribution in [0.2, 0.25) is 0 Å². The number of hydrogen-bond donors (Lipinski definition) is 1. The quantitative estimate of drug-likeness (QED) is 0.911. The fourth-order valence-electron chi connectivity index (χ4n) is 2.59. The van der Waals surface area contributed by atoms with Gasteiger partial charge >= 0.3 is 6.18 Å². The third-order valence-corrected chi connectivity index (χ3v) is 4.69. The monoisotopic (exact) mass is 300 g/mol. The van der Waals surface area contributed by atoms with Gasteiger partial charge in [0.05, 0.1) is 15.8 Å². The predicted molar refractivity (Wildman–Crippen MR) is 73.7 cm³/mol. The number of thiazole rings is 1. The third-order valence-electron chi connectivity index (χ3n) is 3.66. The number of rotatable bonds is 3. The van der Waals surface area contributed by atoms with Crippen molar-refractivity contribution in [1.29, 1.82) is 0 Å². The first-order chi connectivity index (χ1) is 9.52. The Labute approximate surface area is 119 Å². The van der Waals surface area contributed by atoms with E-state index in [4.69, 9.17) is 0 Å². The predicted octanol–water partition coefficient (Wildman–Crippen LogP) is 4.35. The van der Waals surface area contributed by atoms with E-state index in [9.17, 15) is 13.2 Å².